The van der Waals surface area contributed by atoms with Crippen molar-refractivity contribution < 1.29 is 17.9 Å². The lowest BCUT2D eigenvalue weighted by Crippen LogP contribution is -2.38. The summed E-state index contributed by atoms with van der Waals surface area (Å²) >= 11 is 26.0. The number of rotatable bonds is 4. The zero-order valence-electron chi connectivity index (χ0n) is 14.8. The minimum absolute atomic E-state index is 0.0185. The SMILES string of the molecule is NC(=S)NN=CC1CSc2c(Cl)cc(Cl)cc2C1(Cl)c1ccc(OC(F)(F)F)cc1. The number of halogens is 6. The normalized spacial score (nSPS) is 21.3. The molecule has 0 saturated heterocycles. The van der Waals surface area contributed by atoms with Gasteiger partial charge in [0.2, 0.25) is 0 Å². The lowest BCUT2D eigenvalue weighted by atomic mass is 9.80. The molecule has 30 heavy (non-hydrogen) atoms. The van der Waals surface area contributed by atoms with E-state index in [1.165, 1.54) is 36.0 Å². The quantitative estimate of drug-likeness (QED) is 0.230. The van der Waals surface area contributed by atoms with E-state index in [0.717, 1.165) is 4.90 Å². The van der Waals surface area contributed by atoms with E-state index in [1.54, 1.807) is 18.3 Å². The fraction of sp³-hybridized carbons (Fsp3) is 0.222. The molecule has 0 bridgehead atoms. The Labute approximate surface area is 194 Å². The minimum Gasteiger partial charge on any atom is -0.406 e. The highest BCUT2D eigenvalue weighted by atomic mass is 35.5. The van der Waals surface area contributed by atoms with Crippen LogP contribution in [0.5, 0.6) is 5.75 Å². The Hall–Kier alpha value is -1.39. The number of ether oxygens (including phenoxy) is 1. The Balaban J connectivity index is 2.09. The molecule has 160 valence electrons. The fourth-order valence-electron chi connectivity index (χ4n) is 3.07. The van der Waals surface area contributed by atoms with Crippen LogP contribution in [0.3, 0.4) is 0 Å². The summed E-state index contributed by atoms with van der Waals surface area (Å²) in [4.78, 5) is -0.480. The molecule has 0 saturated carbocycles. The lowest BCUT2D eigenvalue weighted by molar-refractivity contribution is -0.274. The van der Waals surface area contributed by atoms with Crippen molar-refractivity contribution in [2.24, 2.45) is 16.8 Å². The summed E-state index contributed by atoms with van der Waals surface area (Å²) in [5.41, 5.74) is 9.01. The fourth-order valence-corrected chi connectivity index (χ4v) is 5.59. The predicted molar refractivity (Wildman–Crippen MR) is 119 cm³/mol. The van der Waals surface area contributed by atoms with Crippen molar-refractivity contribution in [3.05, 3.63) is 57.6 Å². The van der Waals surface area contributed by atoms with Gasteiger partial charge < -0.3 is 10.5 Å². The second-order valence-corrected chi connectivity index (χ2v) is 9.13. The van der Waals surface area contributed by atoms with Gasteiger partial charge in [0.05, 0.1) is 5.02 Å². The second-order valence-electron chi connectivity index (χ2n) is 6.22. The predicted octanol–water partition coefficient (Wildman–Crippen LogP) is 5.92. The molecule has 2 unspecified atom stereocenters. The summed E-state index contributed by atoms with van der Waals surface area (Å²) in [7, 11) is 0. The number of alkyl halides is 4. The first-order chi connectivity index (χ1) is 14.0. The third-order valence-corrected chi connectivity index (χ3v) is 6.93. The monoisotopic (exact) mass is 513 g/mol. The van der Waals surface area contributed by atoms with Crippen LogP contribution in [0.2, 0.25) is 10.0 Å². The van der Waals surface area contributed by atoms with Gasteiger partial charge in [-0.2, -0.15) is 5.10 Å². The summed E-state index contributed by atoms with van der Waals surface area (Å²) in [5, 5.41) is 4.81. The maximum Gasteiger partial charge on any atom is 0.573 e. The van der Waals surface area contributed by atoms with Gasteiger partial charge in [0.15, 0.2) is 5.11 Å². The Morgan fingerprint density at radius 3 is 2.57 bits per heavy atom. The molecule has 0 radical (unpaired) electrons. The molecule has 0 fully saturated rings. The van der Waals surface area contributed by atoms with Crippen LogP contribution in [0.25, 0.3) is 0 Å². The molecule has 0 spiro atoms. The smallest absolute Gasteiger partial charge is 0.406 e. The van der Waals surface area contributed by atoms with Crippen LogP contribution in [-0.2, 0) is 4.87 Å². The molecule has 0 amide bonds. The molecule has 1 heterocycles. The highest BCUT2D eigenvalue weighted by Gasteiger charge is 2.45. The minimum atomic E-state index is -4.79. The van der Waals surface area contributed by atoms with E-state index >= 15 is 0 Å². The van der Waals surface area contributed by atoms with Crippen LogP contribution < -0.4 is 15.9 Å². The van der Waals surface area contributed by atoms with Crippen molar-refractivity contribution in [2.75, 3.05) is 5.75 Å². The molecule has 1 aliphatic heterocycles. The largest absolute Gasteiger partial charge is 0.573 e. The third-order valence-electron chi connectivity index (χ3n) is 4.26. The third kappa shape index (κ3) is 5.08. The van der Waals surface area contributed by atoms with Gasteiger partial charge in [-0.1, -0.05) is 35.3 Å². The van der Waals surface area contributed by atoms with Gasteiger partial charge >= 0.3 is 6.36 Å². The summed E-state index contributed by atoms with van der Waals surface area (Å²) in [6, 6.07) is 8.61. The second kappa shape index (κ2) is 9.00. The van der Waals surface area contributed by atoms with E-state index in [2.05, 4.69) is 15.3 Å². The Morgan fingerprint density at radius 2 is 1.97 bits per heavy atom. The summed E-state index contributed by atoms with van der Waals surface area (Å²) in [6.45, 7) is 0. The molecule has 1 aliphatic rings. The number of fused-ring (bicyclic) bond motifs is 1. The molecular weight excluding hydrogens is 502 g/mol. The van der Waals surface area contributed by atoms with Crippen molar-refractivity contribution in [1.29, 1.82) is 0 Å². The standard InChI is InChI=1S/C18H13Cl3F3N3OS2/c19-11-5-13-15(14(20)6-11)30-8-10(7-26-27-16(25)29)17(13,21)9-1-3-12(4-2-9)28-18(22,23)24/h1-7,10H,8H2,(H3,25,27,29). The molecule has 12 heteroatoms. The summed E-state index contributed by atoms with van der Waals surface area (Å²) in [5.74, 6) is -0.273. The number of thiocarbonyl (C=S) groups is 1. The first-order valence-corrected chi connectivity index (χ1v) is 10.8. The summed E-state index contributed by atoms with van der Waals surface area (Å²) < 4.78 is 41.4. The van der Waals surface area contributed by atoms with E-state index in [4.69, 9.17) is 52.8 Å². The molecule has 0 aromatic heterocycles. The van der Waals surface area contributed by atoms with E-state index in [0.29, 0.717) is 26.9 Å². The van der Waals surface area contributed by atoms with E-state index in [9.17, 15) is 13.2 Å². The number of nitrogens with one attached hydrogen (secondary N) is 1. The van der Waals surface area contributed by atoms with Crippen molar-refractivity contribution in [2.45, 2.75) is 16.1 Å². The van der Waals surface area contributed by atoms with E-state index in [-0.39, 0.29) is 10.9 Å². The highest BCUT2D eigenvalue weighted by molar-refractivity contribution is 7.99. The van der Waals surface area contributed by atoms with Crippen LogP contribution in [0, 0.1) is 5.92 Å². The average Bonchev–Trinajstić information content (AvgIpc) is 2.63. The zero-order valence-corrected chi connectivity index (χ0v) is 18.7. The molecule has 2 aromatic carbocycles. The van der Waals surface area contributed by atoms with Gasteiger partial charge in [-0.3, -0.25) is 5.43 Å². The van der Waals surface area contributed by atoms with E-state index in [1.807, 2.05) is 0 Å². The number of nitrogens with zero attached hydrogens (tertiary/aromatic N) is 1. The Bertz CT molecular complexity index is 989. The van der Waals surface area contributed by atoms with Crippen molar-refractivity contribution in [3.8, 4) is 5.75 Å². The molecule has 3 N–H and O–H groups in total. The molecular formula is C18H13Cl3F3N3OS2. The number of hydrogen-bond donors (Lipinski definition) is 2. The van der Waals surface area contributed by atoms with Crippen LogP contribution >= 0.6 is 58.8 Å². The maximum atomic E-state index is 12.5. The lowest BCUT2D eigenvalue weighted by Gasteiger charge is -2.39. The van der Waals surface area contributed by atoms with Gasteiger partial charge in [0.25, 0.3) is 0 Å². The van der Waals surface area contributed by atoms with Crippen LogP contribution in [0.4, 0.5) is 13.2 Å². The van der Waals surface area contributed by atoms with Crippen molar-refractivity contribution >= 4 is 70.1 Å². The van der Waals surface area contributed by atoms with Crippen LogP contribution in [0.1, 0.15) is 11.1 Å². The zero-order chi connectivity index (χ0) is 22.1. The number of nitrogens with two attached hydrogens (primary N) is 1. The van der Waals surface area contributed by atoms with Gasteiger partial charge in [-0.25, -0.2) is 0 Å². The van der Waals surface area contributed by atoms with Gasteiger partial charge in [0.1, 0.15) is 10.6 Å². The summed E-state index contributed by atoms with van der Waals surface area (Å²) in [6.07, 6.45) is -3.24. The maximum absolute atomic E-state index is 12.5. The molecule has 3 rings (SSSR count). The Kier molecular flexibility index (Phi) is 6.98. The van der Waals surface area contributed by atoms with Crippen LogP contribution in [0.15, 0.2) is 46.4 Å². The number of thioether (sulfide) groups is 1. The van der Waals surface area contributed by atoms with Gasteiger partial charge in [-0.15, -0.1) is 36.5 Å². The molecule has 2 aromatic rings. The highest BCUT2D eigenvalue weighted by Crippen LogP contribution is 2.54. The van der Waals surface area contributed by atoms with Crippen molar-refractivity contribution in [3.63, 3.8) is 0 Å². The van der Waals surface area contributed by atoms with Crippen LogP contribution in [-0.4, -0.2) is 23.4 Å². The molecule has 0 aliphatic carbocycles. The number of hydrogen-bond acceptors (Lipinski definition) is 4. The van der Waals surface area contributed by atoms with Crippen molar-refractivity contribution in [1.82, 2.24) is 5.43 Å². The van der Waals surface area contributed by atoms with Gasteiger partial charge in [-0.05, 0) is 47.6 Å². The topological polar surface area (TPSA) is 59.6 Å². The molecule has 2 atom stereocenters. The first kappa shape index (κ1) is 23.3. The Morgan fingerprint density at radius 1 is 1.30 bits per heavy atom. The van der Waals surface area contributed by atoms with E-state index < -0.39 is 17.2 Å². The molecule has 4 nitrogen and oxygen atoms in total. The number of benzene rings is 2. The van der Waals surface area contributed by atoms with Gasteiger partial charge in [0, 0.05) is 27.8 Å². The average molecular weight is 515 g/mol. The number of hydrazone groups is 1. The first-order valence-electron chi connectivity index (χ1n) is 8.27.